The number of ether oxygens (including phenoxy) is 4. The van der Waals surface area contributed by atoms with E-state index in [2.05, 4.69) is 11.0 Å². The van der Waals surface area contributed by atoms with Gasteiger partial charge in [-0.05, 0) is 29.3 Å². The molecule has 2 aliphatic heterocycles. The van der Waals surface area contributed by atoms with Crippen LogP contribution >= 0.6 is 0 Å². The van der Waals surface area contributed by atoms with Gasteiger partial charge in [-0.3, -0.25) is 4.98 Å². The third-order valence-corrected chi connectivity index (χ3v) is 7.01. The number of nitrogens with zero attached hydrogens (tertiary/aromatic N) is 3. The Bertz CT molecular complexity index is 1320. The molecule has 4 aromatic rings. The Morgan fingerprint density at radius 3 is 2.03 bits per heavy atom. The standard InChI is InChI=1S/C31H31N3O4/c1-3-7-24(8-4-1)22-35-29-14-12-27(30(33-29)36-23-25-9-5-2-6-10-25)28-13-11-26(21-32-28)34-17-15-31(16-18-34)37-19-20-38-31/h1-14,21H,15-20,22-23H2. The monoisotopic (exact) mass is 509 g/mol. The van der Waals surface area contributed by atoms with Crippen molar-refractivity contribution in [1.82, 2.24) is 9.97 Å². The molecule has 4 heterocycles. The van der Waals surface area contributed by atoms with Gasteiger partial charge in [0.15, 0.2) is 5.79 Å². The first-order chi connectivity index (χ1) is 18.8. The van der Waals surface area contributed by atoms with Crippen molar-refractivity contribution in [3.8, 4) is 23.0 Å². The number of aromatic nitrogens is 2. The molecule has 0 amide bonds. The minimum atomic E-state index is -0.384. The van der Waals surface area contributed by atoms with Crippen LogP contribution in [0, 0.1) is 0 Å². The van der Waals surface area contributed by atoms with Crippen LogP contribution in [0.5, 0.6) is 11.8 Å². The van der Waals surface area contributed by atoms with Gasteiger partial charge in [0.25, 0.3) is 0 Å². The number of hydrogen-bond donors (Lipinski definition) is 0. The summed E-state index contributed by atoms with van der Waals surface area (Å²) in [6.45, 7) is 3.97. The topological polar surface area (TPSA) is 65.9 Å². The largest absolute Gasteiger partial charge is 0.473 e. The number of piperidine rings is 1. The SMILES string of the molecule is c1ccc(COc2ccc(-c3ccc(N4CCC5(CC4)OCCO5)cn3)c(OCc3ccccc3)n2)cc1. The lowest BCUT2D eigenvalue weighted by atomic mass is 10.0. The molecule has 0 N–H and O–H groups in total. The fraction of sp³-hybridized carbons (Fsp3) is 0.290. The highest BCUT2D eigenvalue weighted by Gasteiger charge is 2.39. The van der Waals surface area contributed by atoms with Gasteiger partial charge in [0.2, 0.25) is 11.8 Å². The van der Waals surface area contributed by atoms with Gasteiger partial charge >= 0.3 is 0 Å². The minimum absolute atomic E-state index is 0.384. The van der Waals surface area contributed by atoms with E-state index in [1.165, 1.54) is 0 Å². The average Bonchev–Trinajstić information content (AvgIpc) is 3.44. The van der Waals surface area contributed by atoms with Crippen LogP contribution < -0.4 is 14.4 Å². The van der Waals surface area contributed by atoms with Crippen LogP contribution in [0.1, 0.15) is 24.0 Å². The molecule has 0 atom stereocenters. The fourth-order valence-electron chi connectivity index (χ4n) is 4.89. The van der Waals surface area contributed by atoms with Crippen LogP contribution in [0.25, 0.3) is 11.3 Å². The number of rotatable bonds is 8. The molecule has 194 valence electrons. The number of benzene rings is 2. The Hall–Kier alpha value is -3.94. The predicted molar refractivity (Wildman–Crippen MR) is 145 cm³/mol. The lowest BCUT2D eigenvalue weighted by Crippen LogP contribution is -2.45. The second kappa shape index (κ2) is 11.2. The van der Waals surface area contributed by atoms with Crippen LogP contribution in [0.15, 0.2) is 91.1 Å². The summed E-state index contributed by atoms with van der Waals surface area (Å²) in [5.74, 6) is 0.621. The normalized spacial score (nSPS) is 16.5. The summed E-state index contributed by atoms with van der Waals surface area (Å²) in [7, 11) is 0. The minimum Gasteiger partial charge on any atom is -0.473 e. The summed E-state index contributed by atoms with van der Waals surface area (Å²) in [5, 5.41) is 0. The van der Waals surface area contributed by atoms with Gasteiger partial charge in [-0.2, -0.15) is 4.98 Å². The molecule has 1 spiro atoms. The van der Waals surface area contributed by atoms with Crippen molar-refractivity contribution in [2.24, 2.45) is 0 Å². The molecule has 7 heteroatoms. The maximum Gasteiger partial charge on any atom is 0.226 e. The zero-order valence-corrected chi connectivity index (χ0v) is 21.3. The summed E-state index contributed by atoms with van der Waals surface area (Å²) in [5.41, 5.74) is 4.86. The smallest absolute Gasteiger partial charge is 0.226 e. The van der Waals surface area contributed by atoms with Gasteiger partial charge in [0.1, 0.15) is 13.2 Å². The van der Waals surface area contributed by atoms with Crippen LogP contribution in [-0.4, -0.2) is 42.1 Å². The molecule has 0 aliphatic carbocycles. The first-order valence-electron chi connectivity index (χ1n) is 13.1. The molecule has 2 saturated heterocycles. The number of hydrogen-bond acceptors (Lipinski definition) is 7. The molecule has 7 nitrogen and oxygen atoms in total. The molecular formula is C31H31N3O4. The van der Waals surface area contributed by atoms with Crippen molar-refractivity contribution in [3.05, 3.63) is 102 Å². The van der Waals surface area contributed by atoms with Crippen molar-refractivity contribution in [1.29, 1.82) is 0 Å². The fourth-order valence-corrected chi connectivity index (χ4v) is 4.89. The molecule has 0 bridgehead atoms. The summed E-state index contributed by atoms with van der Waals surface area (Å²) in [6.07, 6.45) is 3.64. The number of anilines is 1. The Morgan fingerprint density at radius 1 is 0.737 bits per heavy atom. The quantitative estimate of drug-likeness (QED) is 0.304. The highest BCUT2D eigenvalue weighted by Crippen LogP contribution is 2.34. The summed E-state index contributed by atoms with van der Waals surface area (Å²) < 4.78 is 23.9. The van der Waals surface area contributed by atoms with Crippen molar-refractivity contribution in [2.75, 3.05) is 31.2 Å². The van der Waals surface area contributed by atoms with E-state index >= 15 is 0 Å². The molecule has 0 saturated carbocycles. The molecular weight excluding hydrogens is 478 g/mol. The van der Waals surface area contributed by atoms with E-state index in [-0.39, 0.29) is 5.79 Å². The van der Waals surface area contributed by atoms with E-state index in [0.29, 0.717) is 38.2 Å². The predicted octanol–water partition coefficient (Wildman–Crippen LogP) is 5.64. The van der Waals surface area contributed by atoms with Gasteiger partial charge in [-0.15, -0.1) is 0 Å². The molecule has 0 unspecified atom stereocenters. The molecule has 2 aromatic heterocycles. The highest BCUT2D eigenvalue weighted by molar-refractivity contribution is 5.67. The molecule has 0 radical (unpaired) electrons. The Morgan fingerprint density at radius 2 is 1.39 bits per heavy atom. The van der Waals surface area contributed by atoms with Gasteiger partial charge in [0, 0.05) is 32.0 Å². The second-order valence-corrected chi connectivity index (χ2v) is 9.55. The highest BCUT2D eigenvalue weighted by atomic mass is 16.7. The van der Waals surface area contributed by atoms with E-state index in [1.807, 2.05) is 85.1 Å². The third-order valence-electron chi connectivity index (χ3n) is 7.01. The van der Waals surface area contributed by atoms with Gasteiger partial charge < -0.3 is 23.8 Å². The van der Waals surface area contributed by atoms with Crippen molar-refractivity contribution >= 4 is 5.69 Å². The van der Waals surface area contributed by atoms with Crippen LogP contribution in [0.3, 0.4) is 0 Å². The summed E-state index contributed by atoms with van der Waals surface area (Å²) >= 11 is 0. The van der Waals surface area contributed by atoms with Gasteiger partial charge in [-0.25, -0.2) is 0 Å². The van der Waals surface area contributed by atoms with Crippen LogP contribution in [-0.2, 0) is 22.7 Å². The maximum atomic E-state index is 6.20. The second-order valence-electron chi connectivity index (χ2n) is 9.55. The Labute approximate surface area is 223 Å². The zero-order valence-electron chi connectivity index (χ0n) is 21.3. The number of pyridine rings is 2. The average molecular weight is 510 g/mol. The van der Waals surface area contributed by atoms with Gasteiger partial charge in [-0.1, -0.05) is 60.7 Å². The zero-order chi connectivity index (χ0) is 25.6. The van der Waals surface area contributed by atoms with Gasteiger partial charge in [0.05, 0.1) is 36.4 Å². The van der Waals surface area contributed by atoms with Crippen LogP contribution in [0.2, 0.25) is 0 Å². The van der Waals surface area contributed by atoms with E-state index in [0.717, 1.165) is 54.0 Å². The van der Waals surface area contributed by atoms with E-state index in [1.54, 1.807) is 0 Å². The van der Waals surface area contributed by atoms with Crippen molar-refractivity contribution in [3.63, 3.8) is 0 Å². The lowest BCUT2D eigenvalue weighted by molar-refractivity contribution is -0.169. The summed E-state index contributed by atoms with van der Waals surface area (Å²) in [6, 6.07) is 28.1. The molecule has 2 aromatic carbocycles. The first-order valence-corrected chi connectivity index (χ1v) is 13.1. The Balaban J connectivity index is 1.19. The lowest BCUT2D eigenvalue weighted by Gasteiger charge is -2.38. The molecule has 6 rings (SSSR count). The maximum absolute atomic E-state index is 6.20. The Kier molecular flexibility index (Phi) is 7.20. The van der Waals surface area contributed by atoms with Crippen molar-refractivity contribution < 1.29 is 18.9 Å². The third kappa shape index (κ3) is 5.64. The van der Waals surface area contributed by atoms with E-state index in [4.69, 9.17) is 28.9 Å². The first kappa shape index (κ1) is 24.4. The van der Waals surface area contributed by atoms with E-state index < -0.39 is 0 Å². The van der Waals surface area contributed by atoms with Crippen molar-refractivity contribution in [2.45, 2.75) is 31.8 Å². The van der Waals surface area contributed by atoms with Crippen LogP contribution in [0.4, 0.5) is 5.69 Å². The molecule has 2 aliphatic rings. The molecule has 38 heavy (non-hydrogen) atoms. The van der Waals surface area contributed by atoms with E-state index in [9.17, 15) is 0 Å². The summed E-state index contributed by atoms with van der Waals surface area (Å²) in [4.78, 5) is 11.8. The molecule has 2 fully saturated rings.